The van der Waals surface area contributed by atoms with Gasteiger partial charge in [-0.3, -0.25) is 0 Å². The normalized spacial score (nSPS) is 19.8. The van der Waals surface area contributed by atoms with Crippen molar-refractivity contribution in [2.45, 2.75) is 19.4 Å². The fourth-order valence-corrected chi connectivity index (χ4v) is 2.73. The number of benzene rings is 1. The van der Waals surface area contributed by atoms with Gasteiger partial charge in [-0.2, -0.15) is 0 Å². The van der Waals surface area contributed by atoms with Gasteiger partial charge in [-0.1, -0.05) is 36.4 Å². The van der Waals surface area contributed by atoms with Gasteiger partial charge in [-0.25, -0.2) is 4.98 Å². The summed E-state index contributed by atoms with van der Waals surface area (Å²) in [6, 6.07) is 14.4. The van der Waals surface area contributed by atoms with Crippen LogP contribution in [0.4, 0.5) is 0 Å². The molecule has 1 N–H and O–H groups in total. The zero-order valence-corrected chi connectivity index (χ0v) is 11.8. The second-order valence-corrected chi connectivity index (χ2v) is 5.33. The molecule has 1 aromatic heterocycles. The molecule has 3 heteroatoms. The number of aromatic nitrogens is 1. The first kappa shape index (κ1) is 13.1. The zero-order valence-electron chi connectivity index (χ0n) is 11.8. The van der Waals surface area contributed by atoms with E-state index in [0.717, 1.165) is 31.0 Å². The number of pyridine rings is 1. The first-order chi connectivity index (χ1) is 9.84. The Morgan fingerprint density at radius 1 is 1.20 bits per heavy atom. The number of nitrogens with one attached hydrogen (secondary N) is 1. The zero-order chi connectivity index (χ0) is 13.8. The summed E-state index contributed by atoms with van der Waals surface area (Å²) in [5, 5.41) is 3.42. The highest BCUT2D eigenvalue weighted by atomic mass is 16.5. The predicted molar refractivity (Wildman–Crippen MR) is 79.8 cm³/mol. The van der Waals surface area contributed by atoms with Crippen LogP contribution in [0.2, 0.25) is 0 Å². The number of ether oxygens (including phenoxy) is 1. The monoisotopic (exact) mass is 268 g/mol. The molecule has 104 valence electrons. The van der Waals surface area contributed by atoms with Crippen molar-refractivity contribution < 1.29 is 4.74 Å². The lowest BCUT2D eigenvalue weighted by Crippen LogP contribution is -2.22. The Kier molecular flexibility index (Phi) is 3.97. The van der Waals surface area contributed by atoms with Gasteiger partial charge in [-0.05, 0) is 31.5 Å². The lowest BCUT2D eigenvalue weighted by molar-refractivity contribution is 0.137. The number of nitrogens with zero attached hydrogens (tertiary/aromatic N) is 1. The van der Waals surface area contributed by atoms with Crippen molar-refractivity contribution in [3.63, 3.8) is 0 Å². The first-order valence-electron chi connectivity index (χ1n) is 7.18. The third-order valence-corrected chi connectivity index (χ3v) is 3.85. The van der Waals surface area contributed by atoms with Crippen molar-refractivity contribution in [1.82, 2.24) is 10.3 Å². The minimum Gasteiger partial charge on any atom is -0.469 e. The van der Waals surface area contributed by atoms with Crippen molar-refractivity contribution in [2.24, 2.45) is 5.92 Å². The minimum atomic E-state index is 0.0693. The Balaban J connectivity index is 1.88. The van der Waals surface area contributed by atoms with Crippen LogP contribution in [0, 0.1) is 12.8 Å². The van der Waals surface area contributed by atoms with Gasteiger partial charge in [0.05, 0.1) is 0 Å². The predicted octanol–water partition coefficient (Wildman–Crippen LogP) is 3.12. The maximum Gasteiger partial charge on any atom is 0.216 e. The Morgan fingerprint density at radius 2 is 2.05 bits per heavy atom. The highest BCUT2D eigenvalue weighted by Gasteiger charge is 2.28. The van der Waals surface area contributed by atoms with Gasteiger partial charge in [-0.15, -0.1) is 0 Å². The van der Waals surface area contributed by atoms with Crippen LogP contribution in [0.3, 0.4) is 0 Å². The van der Waals surface area contributed by atoms with Gasteiger partial charge in [0.25, 0.3) is 0 Å². The Bertz CT molecular complexity index is 550. The maximum absolute atomic E-state index is 6.26. The van der Waals surface area contributed by atoms with Crippen molar-refractivity contribution in [3.8, 4) is 5.88 Å². The van der Waals surface area contributed by atoms with Crippen molar-refractivity contribution >= 4 is 0 Å². The lowest BCUT2D eigenvalue weighted by atomic mass is 9.95. The van der Waals surface area contributed by atoms with Gasteiger partial charge in [0, 0.05) is 24.2 Å². The smallest absolute Gasteiger partial charge is 0.216 e. The molecule has 0 spiro atoms. The third-order valence-electron chi connectivity index (χ3n) is 3.85. The van der Waals surface area contributed by atoms with Crippen LogP contribution >= 0.6 is 0 Å². The average Bonchev–Trinajstić information content (AvgIpc) is 3.01. The molecule has 1 aliphatic heterocycles. The van der Waals surface area contributed by atoms with Gasteiger partial charge >= 0.3 is 0 Å². The van der Waals surface area contributed by atoms with E-state index in [0.29, 0.717) is 5.92 Å². The molecule has 2 aromatic rings. The van der Waals surface area contributed by atoms with Crippen LogP contribution in [-0.4, -0.2) is 18.1 Å². The molecule has 2 atom stereocenters. The highest BCUT2D eigenvalue weighted by molar-refractivity contribution is 5.26. The van der Waals surface area contributed by atoms with Crippen molar-refractivity contribution in [3.05, 3.63) is 59.8 Å². The largest absolute Gasteiger partial charge is 0.469 e. The van der Waals surface area contributed by atoms with E-state index >= 15 is 0 Å². The molecule has 20 heavy (non-hydrogen) atoms. The molecular formula is C17H20N2O. The molecule has 0 radical (unpaired) electrons. The summed E-state index contributed by atoms with van der Waals surface area (Å²) in [7, 11) is 0. The number of rotatable bonds is 4. The molecule has 0 amide bonds. The van der Waals surface area contributed by atoms with E-state index in [1.54, 1.807) is 6.20 Å². The second-order valence-electron chi connectivity index (χ2n) is 5.33. The first-order valence-corrected chi connectivity index (χ1v) is 7.18. The summed E-state index contributed by atoms with van der Waals surface area (Å²) in [5.74, 6) is 1.24. The third kappa shape index (κ3) is 2.83. The molecule has 1 aliphatic rings. The van der Waals surface area contributed by atoms with Crippen LogP contribution in [0.15, 0.2) is 48.7 Å². The molecule has 0 saturated carbocycles. The maximum atomic E-state index is 6.26. The van der Waals surface area contributed by atoms with Gasteiger partial charge < -0.3 is 10.1 Å². The number of hydrogen-bond acceptors (Lipinski definition) is 3. The Labute approximate surface area is 120 Å². The quantitative estimate of drug-likeness (QED) is 0.925. The van der Waals surface area contributed by atoms with Crippen LogP contribution in [-0.2, 0) is 0 Å². The molecule has 0 bridgehead atoms. The van der Waals surface area contributed by atoms with Crippen molar-refractivity contribution in [2.75, 3.05) is 13.1 Å². The van der Waals surface area contributed by atoms with Gasteiger partial charge in [0.15, 0.2) is 0 Å². The average molecular weight is 268 g/mol. The van der Waals surface area contributed by atoms with Crippen molar-refractivity contribution in [1.29, 1.82) is 0 Å². The van der Waals surface area contributed by atoms with Gasteiger partial charge in [0.2, 0.25) is 5.88 Å². The topological polar surface area (TPSA) is 34.1 Å². The summed E-state index contributed by atoms with van der Waals surface area (Å²) in [6.45, 7) is 4.11. The van der Waals surface area contributed by atoms with E-state index in [2.05, 4.69) is 34.6 Å². The Hall–Kier alpha value is -1.87. The number of aryl methyl sites for hydroxylation is 1. The van der Waals surface area contributed by atoms with E-state index in [1.807, 2.05) is 25.1 Å². The summed E-state index contributed by atoms with van der Waals surface area (Å²) in [5.41, 5.74) is 2.31. The van der Waals surface area contributed by atoms with E-state index < -0.39 is 0 Å². The Morgan fingerprint density at radius 3 is 2.75 bits per heavy atom. The van der Waals surface area contributed by atoms with E-state index in [1.165, 1.54) is 5.56 Å². The van der Waals surface area contributed by atoms with Crippen LogP contribution in [0.25, 0.3) is 0 Å². The van der Waals surface area contributed by atoms with Crippen LogP contribution in [0.5, 0.6) is 5.88 Å². The van der Waals surface area contributed by atoms with E-state index in [4.69, 9.17) is 4.74 Å². The molecule has 3 rings (SSSR count). The fraction of sp³-hybridized carbons (Fsp3) is 0.353. The fourth-order valence-electron chi connectivity index (χ4n) is 2.73. The summed E-state index contributed by atoms with van der Waals surface area (Å²) >= 11 is 0. The van der Waals surface area contributed by atoms with Gasteiger partial charge in [0.1, 0.15) is 6.10 Å². The SMILES string of the molecule is Cc1cccnc1OC(c1ccccc1)[C@@H]1CCNC1. The summed E-state index contributed by atoms with van der Waals surface area (Å²) in [6.07, 6.45) is 3.00. The van der Waals surface area contributed by atoms with E-state index in [-0.39, 0.29) is 6.10 Å². The van der Waals surface area contributed by atoms with Crippen LogP contribution < -0.4 is 10.1 Å². The molecule has 1 fully saturated rings. The lowest BCUT2D eigenvalue weighted by Gasteiger charge is -2.25. The van der Waals surface area contributed by atoms with Crippen LogP contribution in [0.1, 0.15) is 23.7 Å². The minimum absolute atomic E-state index is 0.0693. The highest BCUT2D eigenvalue weighted by Crippen LogP contribution is 2.32. The standard InChI is InChI=1S/C17H20N2O/c1-13-6-5-10-19-17(13)20-16(15-9-11-18-12-15)14-7-3-2-4-8-14/h2-8,10,15-16,18H,9,11-12H2,1H3/t15-,16?/m1/s1. The molecule has 1 unspecified atom stereocenters. The molecule has 1 aromatic carbocycles. The number of hydrogen-bond donors (Lipinski definition) is 1. The van der Waals surface area contributed by atoms with E-state index in [9.17, 15) is 0 Å². The molecule has 3 nitrogen and oxygen atoms in total. The summed E-state index contributed by atoms with van der Waals surface area (Å²) < 4.78 is 6.26. The molecule has 2 heterocycles. The molecule has 1 saturated heterocycles. The molecule has 0 aliphatic carbocycles. The molecular weight excluding hydrogens is 248 g/mol. The second kappa shape index (κ2) is 6.06. The summed E-state index contributed by atoms with van der Waals surface area (Å²) in [4.78, 5) is 4.37.